The van der Waals surface area contributed by atoms with Gasteiger partial charge in [-0.25, -0.2) is 4.79 Å². The average Bonchev–Trinajstić information content (AvgIpc) is 2.88. The van der Waals surface area contributed by atoms with E-state index < -0.39 is 19.6 Å². The highest BCUT2D eigenvalue weighted by Gasteiger charge is 2.40. The lowest BCUT2D eigenvalue weighted by Crippen LogP contribution is -2.46. The molecule has 0 N–H and O–H groups in total. The summed E-state index contributed by atoms with van der Waals surface area (Å²) in [7, 11) is -2.32. The van der Waals surface area contributed by atoms with E-state index in [1.165, 1.54) is 6.08 Å². The van der Waals surface area contributed by atoms with Crippen molar-refractivity contribution in [1.82, 2.24) is 0 Å². The van der Waals surface area contributed by atoms with Gasteiger partial charge in [-0.3, -0.25) is 0 Å². The summed E-state index contributed by atoms with van der Waals surface area (Å²) in [5.41, 5.74) is 4.39. The van der Waals surface area contributed by atoms with E-state index in [0.29, 0.717) is 6.23 Å². The lowest BCUT2D eigenvalue weighted by Gasteiger charge is -2.38. The van der Waals surface area contributed by atoms with Crippen LogP contribution in [0.1, 0.15) is 16.7 Å². The second-order valence-corrected chi connectivity index (χ2v) is 12.3. The summed E-state index contributed by atoms with van der Waals surface area (Å²) in [6.45, 7) is 9.43. The summed E-state index contributed by atoms with van der Waals surface area (Å²) in [4.78, 5) is 11.8. The van der Waals surface area contributed by atoms with Gasteiger partial charge in [-0.05, 0) is 16.7 Å². The molecule has 3 aromatic carbocycles. The average molecular weight is 455 g/mol. The SMILES string of the molecule is C=C/C=C/[Si](C)(COC(=O)C=C)COC(c1ccccc1)(c1ccccc1)c1ccccc1. The lowest BCUT2D eigenvalue weighted by molar-refractivity contribution is -0.136. The van der Waals surface area contributed by atoms with Crippen LogP contribution in [0.5, 0.6) is 0 Å². The second-order valence-electron chi connectivity index (χ2n) is 8.13. The molecule has 0 spiro atoms. The summed E-state index contributed by atoms with van der Waals surface area (Å²) in [6.07, 6.45) is 5.55. The molecule has 1 unspecified atom stereocenters. The maximum absolute atomic E-state index is 11.8. The van der Waals surface area contributed by atoms with Gasteiger partial charge in [0, 0.05) is 12.3 Å². The van der Waals surface area contributed by atoms with Gasteiger partial charge in [-0.1, -0.05) is 129 Å². The fourth-order valence-electron chi connectivity index (χ4n) is 3.77. The Labute approximate surface area is 197 Å². The van der Waals surface area contributed by atoms with Gasteiger partial charge in [0.05, 0.1) is 6.23 Å². The predicted molar refractivity (Wildman–Crippen MR) is 137 cm³/mol. The van der Waals surface area contributed by atoms with Gasteiger partial charge in [0.25, 0.3) is 0 Å². The smallest absolute Gasteiger partial charge is 0.329 e. The highest BCUT2D eigenvalue weighted by atomic mass is 28.3. The Kier molecular flexibility index (Phi) is 8.36. The Morgan fingerprint density at radius 1 is 0.818 bits per heavy atom. The zero-order valence-corrected chi connectivity index (χ0v) is 20.0. The van der Waals surface area contributed by atoms with Crippen molar-refractivity contribution < 1.29 is 14.3 Å². The van der Waals surface area contributed by atoms with Crippen LogP contribution >= 0.6 is 0 Å². The molecule has 0 bridgehead atoms. The van der Waals surface area contributed by atoms with Crippen LogP contribution in [-0.4, -0.2) is 26.5 Å². The molecule has 1 atom stereocenters. The minimum Gasteiger partial charge on any atom is -0.466 e. The van der Waals surface area contributed by atoms with E-state index in [1.54, 1.807) is 6.08 Å². The van der Waals surface area contributed by atoms with Crippen molar-refractivity contribution in [2.75, 3.05) is 12.5 Å². The van der Waals surface area contributed by atoms with Crippen molar-refractivity contribution >= 4 is 14.0 Å². The van der Waals surface area contributed by atoms with E-state index in [4.69, 9.17) is 9.47 Å². The van der Waals surface area contributed by atoms with Crippen LogP contribution in [0, 0.1) is 0 Å². The van der Waals surface area contributed by atoms with E-state index in [-0.39, 0.29) is 6.23 Å². The van der Waals surface area contributed by atoms with E-state index in [9.17, 15) is 4.79 Å². The molecule has 3 rings (SSSR count). The number of hydrogen-bond donors (Lipinski definition) is 0. The van der Waals surface area contributed by atoms with Crippen LogP contribution in [0.15, 0.2) is 128 Å². The Morgan fingerprint density at radius 2 is 1.27 bits per heavy atom. The number of allylic oxidation sites excluding steroid dienone is 2. The van der Waals surface area contributed by atoms with E-state index in [0.717, 1.165) is 16.7 Å². The van der Waals surface area contributed by atoms with Crippen LogP contribution in [0.4, 0.5) is 0 Å². The van der Waals surface area contributed by atoms with Crippen molar-refractivity contribution in [2.45, 2.75) is 12.1 Å². The van der Waals surface area contributed by atoms with Crippen molar-refractivity contribution in [2.24, 2.45) is 0 Å². The third-order valence-electron chi connectivity index (χ3n) is 5.50. The zero-order valence-electron chi connectivity index (χ0n) is 19.0. The standard InChI is InChI=1S/C29H30O3Si/c1-4-6-22-33(3,23-31-28(30)5-2)24-32-29(25-16-10-7-11-17-25,26-18-12-8-13-19-26)27-20-14-9-15-21-27/h4-22H,1-2,23-24H2,3H3/b22-6+. The molecule has 0 saturated heterocycles. The fourth-order valence-corrected chi connectivity index (χ4v) is 5.67. The molecule has 4 heteroatoms. The first-order valence-corrected chi connectivity index (χ1v) is 13.9. The first kappa shape index (κ1) is 24.2. The Balaban J connectivity index is 2.11. The van der Waals surface area contributed by atoms with Gasteiger partial charge in [0.2, 0.25) is 0 Å². The number of carbonyl (C=O) groups excluding carboxylic acids is 1. The van der Waals surface area contributed by atoms with Crippen molar-refractivity contribution in [3.05, 3.63) is 145 Å². The minimum atomic E-state index is -2.32. The molecule has 0 aliphatic heterocycles. The van der Waals surface area contributed by atoms with Crippen LogP contribution in [0.25, 0.3) is 0 Å². The number of carbonyl (C=O) groups is 1. The molecule has 0 radical (unpaired) electrons. The predicted octanol–water partition coefficient (Wildman–Crippen LogP) is 6.16. The van der Waals surface area contributed by atoms with Gasteiger partial charge in [0.1, 0.15) is 13.7 Å². The molecule has 3 nitrogen and oxygen atoms in total. The van der Waals surface area contributed by atoms with Crippen LogP contribution in [0.3, 0.4) is 0 Å². The monoisotopic (exact) mass is 454 g/mol. The first-order chi connectivity index (χ1) is 16.0. The lowest BCUT2D eigenvalue weighted by atomic mass is 9.80. The number of benzene rings is 3. The highest BCUT2D eigenvalue weighted by molar-refractivity contribution is 6.83. The van der Waals surface area contributed by atoms with Gasteiger partial charge < -0.3 is 9.47 Å². The fraction of sp³-hybridized carbons (Fsp3) is 0.138. The molecule has 0 fully saturated rings. The third kappa shape index (κ3) is 5.86. The molecule has 0 amide bonds. The Bertz CT molecular complexity index is 981. The highest BCUT2D eigenvalue weighted by Crippen LogP contribution is 2.40. The number of esters is 1. The largest absolute Gasteiger partial charge is 0.466 e. The summed E-state index contributed by atoms with van der Waals surface area (Å²) in [6, 6.07) is 30.7. The summed E-state index contributed by atoms with van der Waals surface area (Å²) in [5, 5.41) is 0. The molecule has 168 valence electrons. The quantitative estimate of drug-likeness (QED) is 0.114. The molecule has 0 aromatic heterocycles. The summed E-state index contributed by atoms with van der Waals surface area (Å²) >= 11 is 0. The van der Waals surface area contributed by atoms with Crippen LogP contribution in [-0.2, 0) is 19.9 Å². The normalized spacial score (nSPS) is 13.2. The molecule has 0 aliphatic rings. The zero-order chi connectivity index (χ0) is 23.6. The van der Waals surface area contributed by atoms with E-state index in [1.807, 2.05) is 60.7 Å². The minimum absolute atomic E-state index is 0.288. The van der Waals surface area contributed by atoms with Crippen molar-refractivity contribution in [3.8, 4) is 0 Å². The molecule has 0 aliphatic carbocycles. The Morgan fingerprint density at radius 3 is 1.67 bits per heavy atom. The number of rotatable bonds is 11. The van der Waals surface area contributed by atoms with Gasteiger partial charge in [0.15, 0.2) is 0 Å². The van der Waals surface area contributed by atoms with Gasteiger partial charge in [-0.2, -0.15) is 0 Å². The second kappa shape index (κ2) is 11.4. The number of hydrogen-bond acceptors (Lipinski definition) is 3. The van der Waals surface area contributed by atoms with Crippen molar-refractivity contribution in [3.63, 3.8) is 0 Å². The topological polar surface area (TPSA) is 35.5 Å². The van der Waals surface area contributed by atoms with E-state index in [2.05, 4.69) is 61.8 Å². The maximum Gasteiger partial charge on any atom is 0.329 e. The Hall–Kier alpha value is -3.47. The van der Waals surface area contributed by atoms with Crippen LogP contribution < -0.4 is 0 Å². The molecular weight excluding hydrogens is 424 g/mol. The van der Waals surface area contributed by atoms with Crippen LogP contribution in [0.2, 0.25) is 6.55 Å². The summed E-state index contributed by atoms with van der Waals surface area (Å²) in [5.74, 6) is -0.429. The molecule has 0 heterocycles. The summed E-state index contributed by atoms with van der Waals surface area (Å²) < 4.78 is 12.5. The molecular formula is C29H30O3Si. The molecule has 33 heavy (non-hydrogen) atoms. The molecule has 0 saturated carbocycles. The van der Waals surface area contributed by atoms with Crippen molar-refractivity contribution in [1.29, 1.82) is 0 Å². The number of ether oxygens (including phenoxy) is 2. The maximum atomic E-state index is 11.8. The van der Waals surface area contributed by atoms with Gasteiger partial charge >= 0.3 is 5.97 Å². The van der Waals surface area contributed by atoms with Gasteiger partial charge in [-0.15, -0.1) is 0 Å². The van der Waals surface area contributed by atoms with E-state index >= 15 is 0 Å². The first-order valence-electron chi connectivity index (χ1n) is 10.9. The third-order valence-corrected chi connectivity index (χ3v) is 8.11. The molecule has 3 aromatic rings.